The molecule has 1 rings (SSSR count). The molecule has 0 aromatic heterocycles. The van der Waals surface area contributed by atoms with Crippen LogP contribution in [0.25, 0.3) is 0 Å². The molecule has 12 heteroatoms. The van der Waals surface area contributed by atoms with E-state index < -0.39 is 18.0 Å². The fourth-order valence-corrected chi connectivity index (χ4v) is 2.56. The summed E-state index contributed by atoms with van der Waals surface area (Å²) in [4.78, 5) is 0. The topological polar surface area (TPSA) is 136 Å². The van der Waals surface area contributed by atoms with Crippen LogP contribution in [0.4, 0.5) is 0 Å². The van der Waals surface area contributed by atoms with Crippen LogP contribution in [-0.2, 0) is 23.7 Å². The molecule has 0 saturated carbocycles. The average molecular weight is 424 g/mol. The van der Waals surface area contributed by atoms with Crippen molar-refractivity contribution in [1.29, 1.82) is 0 Å². The Morgan fingerprint density at radius 3 is 2.07 bits per heavy atom. The zero-order valence-electron chi connectivity index (χ0n) is 21.4. The van der Waals surface area contributed by atoms with Crippen molar-refractivity contribution in [2.45, 2.75) is 50.8 Å². The molecule has 1 N–H and O–H groups in total. The molecular formula is C18H36Be3O9. The number of aliphatic hydroxyl groups is 1. The summed E-state index contributed by atoms with van der Waals surface area (Å²) < 4.78 is 26.6. The van der Waals surface area contributed by atoms with Crippen molar-refractivity contribution in [3.05, 3.63) is 0 Å². The monoisotopic (exact) mass is 423 g/mol. The van der Waals surface area contributed by atoms with Gasteiger partial charge in [-0.1, -0.05) is 18.1 Å². The number of hydrogen-bond acceptors (Lipinski definition) is 9. The molecule has 1 fully saturated rings. The van der Waals surface area contributed by atoms with Gasteiger partial charge in [0.25, 0.3) is 0 Å². The van der Waals surface area contributed by atoms with E-state index in [0.717, 1.165) is 0 Å². The van der Waals surface area contributed by atoms with E-state index in [1.165, 1.54) is 0 Å². The first kappa shape index (κ1) is 34.8. The van der Waals surface area contributed by atoms with Crippen molar-refractivity contribution < 1.29 is 48.4 Å². The third kappa shape index (κ3) is 16.8. The molecule has 1 heterocycles. The minimum Gasteiger partial charge on any atom is -1.00 e. The average Bonchev–Trinajstić information content (AvgIpc) is 2.96. The first-order valence-corrected chi connectivity index (χ1v) is 9.42. The zero-order chi connectivity index (χ0) is 20.1. The van der Waals surface area contributed by atoms with E-state index in [2.05, 4.69) is 0 Å². The Morgan fingerprint density at radius 2 is 1.57 bits per heavy atom. The molecular weight excluding hydrogens is 387 g/mol. The Morgan fingerprint density at radius 1 is 1.00 bits per heavy atom. The minimum atomic E-state index is -1.09. The molecule has 30 heavy (non-hydrogen) atoms. The van der Waals surface area contributed by atoms with E-state index in [0.29, 0.717) is 26.1 Å². The van der Waals surface area contributed by atoms with Gasteiger partial charge in [-0.15, -0.1) is 6.61 Å². The fraction of sp³-hybridized carbons (Fsp3) is 1.00. The molecule has 0 bridgehead atoms. The van der Waals surface area contributed by atoms with Gasteiger partial charge in [-0.05, 0) is 26.7 Å². The largest absolute Gasteiger partial charge is 2.00 e. The summed E-state index contributed by atoms with van der Waals surface area (Å²) in [6.45, 7) is 4.06. The van der Waals surface area contributed by atoms with Crippen LogP contribution < -0.4 is 15.3 Å². The van der Waals surface area contributed by atoms with Gasteiger partial charge in [-0.2, -0.15) is 0 Å². The summed E-state index contributed by atoms with van der Waals surface area (Å²) in [5, 5.41) is 43.0. The van der Waals surface area contributed by atoms with Crippen LogP contribution in [0.1, 0.15) is 31.0 Å². The quantitative estimate of drug-likeness (QED) is 0.199. The van der Waals surface area contributed by atoms with Crippen molar-refractivity contribution in [2.24, 2.45) is 5.92 Å². The second-order valence-electron chi connectivity index (χ2n) is 7.18. The number of rotatable bonds is 16. The maximum absolute atomic E-state index is 11.7. The van der Waals surface area contributed by atoms with Gasteiger partial charge in [-0.25, -0.2) is 0 Å². The van der Waals surface area contributed by atoms with Crippen LogP contribution in [0.3, 0.4) is 0 Å². The van der Waals surface area contributed by atoms with E-state index in [1.807, 2.05) is 13.8 Å². The number of ether oxygens (including phenoxy) is 5. The first-order chi connectivity index (χ1) is 12.9. The minimum absolute atomic E-state index is 0. The van der Waals surface area contributed by atoms with Gasteiger partial charge in [0.2, 0.25) is 0 Å². The standard InChI is InChI=1S/C18H33O9.3Be.3H/c1-18(2)26-13-17(27-18)12-25-11-16(22)10-24-9-15(21)8-23-6-4-14(7-20)3-5-19;;;;;;/h14-17,19H,3-13H2,1-2H3;;;;;;/q-3;3*+2;3*-1. The molecule has 4 unspecified atom stereocenters. The van der Waals surface area contributed by atoms with E-state index in [-0.39, 0.29) is 92.9 Å². The summed E-state index contributed by atoms with van der Waals surface area (Å²) >= 11 is 0. The van der Waals surface area contributed by atoms with Gasteiger partial charge in [-0.3, -0.25) is 0 Å². The van der Waals surface area contributed by atoms with Crippen LogP contribution in [0, 0.1) is 5.92 Å². The van der Waals surface area contributed by atoms with Crippen molar-refractivity contribution in [1.82, 2.24) is 0 Å². The molecule has 1 aliphatic rings. The van der Waals surface area contributed by atoms with Crippen molar-refractivity contribution >= 4 is 30.4 Å². The van der Waals surface area contributed by atoms with Crippen molar-refractivity contribution in [3.63, 3.8) is 0 Å². The maximum atomic E-state index is 11.7. The molecule has 0 aromatic carbocycles. The Balaban J connectivity index is -0.000000304. The molecule has 4 atom stereocenters. The first-order valence-electron chi connectivity index (χ1n) is 9.42. The second kappa shape index (κ2) is 19.8. The Kier molecular flexibility index (Phi) is 22.9. The maximum Gasteiger partial charge on any atom is 2.00 e. The molecule has 0 aromatic rings. The van der Waals surface area contributed by atoms with E-state index in [1.54, 1.807) is 0 Å². The Bertz CT molecular complexity index is 395. The van der Waals surface area contributed by atoms with Gasteiger partial charge in [0.15, 0.2) is 5.79 Å². The molecule has 168 valence electrons. The molecule has 9 nitrogen and oxygen atoms in total. The number of aliphatic hydroxyl groups excluding tert-OH is 1. The summed E-state index contributed by atoms with van der Waals surface area (Å²) in [5.41, 5.74) is 0. The van der Waals surface area contributed by atoms with Gasteiger partial charge in [0.1, 0.15) is 6.10 Å². The summed E-state index contributed by atoms with van der Waals surface area (Å²) in [7, 11) is 0. The van der Waals surface area contributed by atoms with Crippen LogP contribution in [0.2, 0.25) is 0 Å². The van der Waals surface area contributed by atoms with Crippen LogP contribution in [-0.4, -0.2) is 119 Å². The molecule has 1 aliphatic heterocycles. The molecule has 0 spiro atoms. The van der Waals surface area contributed by atoms with E-state index in [9.17, 15) is 15.3 Å². The van der Waals surface area contributed by atoms with Crippen LogP contribution >= 0.6 is 0 Å². The Hall–Kier alpha value is 0.146. The normalized spacial score (nSPS) is 20.4. The third-order valence-electron chi connectivity index (χ3n) is 4.03. The van der Waals surface area contributed by atoms with E-state index >= 15 is 0 Å². The predicted octanol–water partition coefficient (Wildman–Crippen LogP) is -3.41. The van der Waals surface area contributed by atoms with Gasteiger partial charge < -0.3 is 48.4 Å². The van der Waals surface area contributed by atoms with Crippen LogP contribution in [0.15, 0.2) is 0 Å². The van der Waals surface area contributed by atoms with Gasteiger partial charge >= 0.3 is 30.4 Å². The molecule has 0 radical (unpaired) electrons. The van der Waals surface area contributed by atoms with E-state index in [4.69, 9.17) is 28.8 Å². The number of hydrogen-bond donors (Lipinski definition) is 1. The SMILES string of the molecule is CC1(C)OCC(COCC([O-])COCC([O-])COCCC(C[O-])CCO)O1.[Be+2].[Be+2].[Be+2].[H-].[H-].[H-]. The smallest absolute Gasteiger partial charge is 1.00 e. The molecule has 1 saturated heterocycles. The van der Waals surface area contributed by atoms with Gasteiger partial charge in [0.05, 0.1) is 13.2 Å². The third-order valence-corrected chi connectivity index (χ3v) is 4.03. The Labute approximate surface area is 195 Å². The summed E-state index contributed by atoms with van der Waals surface area (Å²) in [6.07, 6.45) is -1.39. The van der Waals surface area contributed by atoms with Crippen molar-refractivity contribution in [2.75, 3.05) is 59.5 Å². The molecule has 0 amide bonds. The predicted molar refractivity (Wildman–Crippen MR) is 110 cm³/mol. The zero-order valence-corrected chi connectivity index (χ0v) is 18.4. The van der Waals surface area contributed by atoms with Gasteiger partial charge in [0, 0.05) is 39.6 Å². The van der Waals surface area contributed by atoms with Crippen LogP contribution in [0.5, 0.6) is 0 Å². The van der Waals surface area contributed by atoms with Crippen molar-refractivity contribution in [3.8, 4) is 0 Å². The second-order valence-corrected chi connectivity index (χ2v) is 7.18. The fourth-order valence-electron chi connectivity index (χ4n) is 2.56. The summed E-state index contributed by atoms with van der Waals surface area (Å²) in [6, 6.07) is 0. The molecule has 0 aliphatic carbocycles. The summed E-state index contributed by atoms with van der Waals surface area (Å²) in [5.74, 6) is -0.752.